The third kappa shape index (κ3) is 4.21. The summed E-state index contributed by atoms with van der Waals surface area (Å²) >= 11 is 0. The van der Waals surface area contributed by atoms with Gasteiger partial charge in [0.25, 0.3) is 5.69 Å². The molecule has 1 N–H and O–H groups in total. The Labute approximate surface area is 182 Å². The first kappa shape index (κ1) is 21.2. The molecule has 4 rings (SSSR count). The van der Waals surface area contributed by atoms with Gasteiger partial charge in [-0.3, -0.25) is 14.9 Å². The molecule has 12 nitrogen and oxygen atoms in total. The summed E-state index contributed by atoms with van der Waals surface area (Å²) in [5, 5.41) is 19.0. The van der Waals surface area contributed by atoms with Crippen LogP contribution in [0.3, 0.4) is 0 Å². The van der Waals surface area contributed by atoms with Crippen molar-refractivity contribution in [2.45, 2.75) is 6.92 Å². The smallest absolute Gasteiger partial charge is 0.294 e. The second-order valence-electron chi connectivity index (χ2n) is 6.99. The maximum Gasteiger partial charge on any atom is 0.294 e. The van der Waals surface area contributed by atoms with Gasteiger partial charge in [0.15, 0.2) is 12.1 Å². The van der Waals surface area contributed by atoms with Crippen molar-refractivity contribution < 1.29 is 19.2 Å². The van der Waals surface area contributed by atoms with Gasteiger partial charge in [-0.15, -0.1) is 0 Å². The van der Waals surface area contributed by atoms with E-state index < -0.39 is 4.92 Å². The highest BCUT2D eigenvalue weighted by atomic mass is 16.6. The fraction of sp³-hybridized carbons (Fsp3) is 0.300. The van der Waals surface area contributed by atoms with Gasteiger partial charge < -0.3 is 19.7 Å². The molecule has 3 heterocycles. The second kappa shape index (κ2) is 8.98. The van der Waals surface area contributed by atoms with Crippen LogP contribution in [-0.2, 0) is 4.74 Å². The largest absolute Gasteiger partial charge is 0.494 e. The molecule has 32 heavy (non-hydrogen) atoms. The number of nitro groups is 1. The van der Waals surface area contributed by atoms with Crippen molar-refractivity contribution in [3.63, 3.8) is 0 Å². The molecular formula is C20H21N7O5. The first-order chi connectivity index (χ1) is 15.5. The minimum atomic E-state index is -0.430. The number of hydrogen-bond acceptors (Lipinski definition) is 10. The number of nitrogens with zero attached hydrogens (tertiary/aromatic N) is 6. The number of nitro benzene ring substituents is 1. The van der Waals surface area contributed by atoms with Gasteiger partial charge in [-0.05, 0) is 6.92 Å². The minimum absolute atomic E-state index is 0.0651. The molecule has 0 amide bonds. The van der Waals surface area contributed by atoms with E-state index >= 15 is 0 Å². The van der Waals surface area contributed by atoms with E-state index in [9.17, 15) is 14.9 Å². The fourth-order valence-corrected chi connectivity index (χ4v) is 3.39. The lowest BCUT2D eigenvalue weighted by atomic mass is 10.2. The molecular weight excluding hydrogens is 418 g/mol. The van der Waals surface area contributed by atoms with Crippen molar-refractivity contribution in [1.82, 2.24) is 19.7 Å². The number of carbonyl (C=O) groups is 1. The summed E-state index contributed by atoms with van der Waals surface area (Å²) < 4.78 is 12.3. The normalized spacial score (nSPS) is 13.6. The molecule has 166 valence electrons. The SMILES string of the molecule is COc1cc(N2CCOCC2)c([N+](=O)[O-])cc1Nc1nccc(-n2cc(C=O)c(C)n2)n1. The van der Waals surface area contributed by atoms with Crippen LogP contribution < -0.4 is 15.0 Å². The third-order valence-electron chi connectivity index (χ3n) is 5.03. The average Bonchev–Trinajstić information content (AvgIpc) is 3.20. The number of aryl methyl sites for hydroxylation is 1. The van der Waals surface area contributed by atoms with Crippen molar-refractivity contribution in [2.24, 2.45) is 0 Å². The van der Waals surface area contributed by atoms with Crippen molar-refractivity contribution in [1.29, 1.82) is 0 Å². The highest BCUT2D eigenvalue weighted by Crippen LogP contribution is 2.39. The Morgan fingerprint density at radius 2 is 2.09 bits per heavy atom. The van der Waals surface area contributed by atoms with Crippen LogP contribution in [0.5, 0.6) is 5.75 Å². The van der Waals surface area contributed by atoms with Crippen molar-refractivity contribution in [3.05, 3.63) is 52.0 Å². The first-order valence-electron chi connectivity index (χ1n) is 9.81. The summed E-state index contributed by atoms with van der Waals surface area (Å²) in [5.74, 6) is 1.02. The van der Waals surface area contributed by atoms with E-state index in [2.05, 4.69) is 20.4 Å². The predicted molar refractivity (Wildman–Crippen MR) is 115 cm³/mol. The molecule has 0 spiro atoms. The van der Waals surface area contributed by atoms with E-state index in [-0.39, 0.29) is 11.6 Å². The zero-order valence-corrected chi connectivity index (χ0v) is 17.5. The number of nitrogens with one attached hydrogen (secondary N) is 1. The lowest BCUT2D eigenvalue weighted by Crippen LogP contribution is -2.36. The summed E-state index contributed by atoms with van der Waals surface area (Å²) in [6.45, 7) is 3.82. The third-order valence-corrected chi connectivity index (χ3v) is 5.03. The Balaban J connectivity index is 1.68. The number of anilines is 3. The predicted octanol–water partition coefficient (Wildman–Crippen LogP) is 2.28. The number of ether oxygens (including phenoxy) is 2. The van der Waals surface area contributed by atoms with Crippen LogP contribution in [0, 0.1) is 17.0 Å². The Kier molecular flexibility index (Phi) is 5.94. The molecule has 1 aliphatic rings. The van der Waals surface area contributed by atoms with Crippen LogP contribution >= 0.6 is 0 Å². The Hall–Kier alpha value is -4.06. The Bertz CT molecular complexity index is 1160. The Morgan fingerprint density at radius 3 is 2.75 bits per heavy atom. The van der Waals surface area contributed by atoms with Crippen LogP contribution in [0.25, 0.3) is 5.82 Å². The average molecular weight is 439 g/mol. The molecule has 0 bridgehead atoms. The first-order valence-corrected chi connectivity index (χ1v) is 9.81. The number of morpholine rings is 1. The Morgan fingerprint density at radius 1 is 1.31 bits per heavy atom. The molecule has 1 saturated heterocycles. The zero-order valence-electron chi connectivity index (χ0n) is 17.5. The molecule has 0 unspecified atom stereocenters. The monoisotopic (exact) mass is 439 g/mol. The highest BCUT2D eigenvalue weighted by Gasteiger charge is 2.25. The molecule has 1 aromatic carbocycles. The minimum Gasteiger partial charge on any atom is -0.494 e. The number of aldehydes is 1. The topological polar surface area (TPSA) is 138 Å². The van der Waals surface area contributed by atoms with Crippen LogP contribution in [-0.4, -0.2) is 64.4 Å². The molecule has 0 aliphatic carbocycles. The van der Waals surface area contributed by atoms with Crippen molar-refractivity contribution >= 4 is 29.3 Å². The number of aromatic nitrogens is 4. The summed E-state index contributed by atoms with van der Waals surface area (Å²) in [7, 11) is 1.49. The lowest BCUT2D eigenvalue weighted by molar-refractivity contribution is -0.384. The maximum absolute atomic E-state index is 11.8. The van der Waals surface area contributed by atoms with Crippen LogP contribution in [0.4, 0.5) is 23.0 Å². The quantitative estimate of drug-likeness (QED) is 0.331. The van der Waals surface area contributed by atoms with Gasteiger partial charge in [0.1, 0.15) is 11.4 Å². The summed E-state index contributed by atoms with van der Waals surface area (Å²) in [6.07, 6.45) is 3.81. The van der Waals surface area contributed by atoms with Crippen molar-refractivity contribution in [3.8, 4) is 11.6 Å². The molecule has 2 aromatic heterocycles. The van der Waals surface area contributed by atoms with Crippen LogP contribution in [0.15, 0.2) is 30.6 Å². The van der Waals surface area contributed by atoms with Gasteiger partial charge in [-0.1, -0.05) is 0 Å². The number of rotatable bonds is 7. The van der Waals surface area contributed by atoms with E-state index in [1.54, 1.807) is 25.3 Å². The van der Waals surface area contributed by atoms with Gasteiger partial charge in [0.2, 0.25) is 5.95 Å². The van der Waals surface area contributed by atoms with Crippen LogP contribution in [0.1, 0.15) is 16.1 Å². The van der Waals surface area contributed by atoms with E-state index in [0.29, 0.717) is 60.5 Å². The summed E-state index contributed by atoms with van der Waals surface area (Å²) in [5.41, 5.74) is 1.77. The fourth-order valence-electron chi connectivity index (χ4n) is 3.39. The summed E-state index contributed by atoms with van der Waals surface area (Å²) in [6, 6.07) is 4.67. The highest BCUT2D eigenvalue weighted by molar-refractivity contribution is 5.77. The number of benzene rings is 1. The van der Waals surface area contributed by atoms with E-state index in [1.165, 1.54) is 24.1 Å². The molecule has 0 saturated carbocycles. The van der Waals surface area contributed by atoms with E-state index in [4.69, 9.17) is 9.47 Å². The molecule has 1 fully saturated rings. The van der Waals surface area contributed by atoms with E-state index in [1.807, 2.05) is 4.90 Å². The molecule has 0 radical (unpaired) electrons. The maximum atomic E-state index is 11.8. The van der Waals surface area contributed by atoms with Gasteiger partial charge in [-0.25, -0.2) is 9.67 Å². The number of hydrogen-bond donors (Lipinski definition) is 1. The van der Waals surface area contributed by atoms with Gasteiger partial charge in [-0.2, -0.15) is 10.1 Å². The summed E-state index contributed by atoms with van der Waals surface area (Å²) in [4.78, 5) is 32.9. The van der Waals surface area contributed by atoms with Gasteiger partial charge in [0, 0.05) is 43.7 Å². The standard InChI is InChI=1S/C20H21N7O5/c1-13-14(12-28)11-26(24-13)19-3-4-21-20(23-19)22-15-9-17(27(29)30)16(10-18(15)31-2)25-5-7-32-8-6-25/h3-4,9-12H,5-8H2,1-2H3,(H,21,22,23). The second-order valence-corrected chi connectivity index (χ2v) is 6.99. The number of methoxy groups -OCH3 is 1. The number of carbonyl (C=O) groups excluding carboxylic acids is 1. The molecule has 3 aromatic rings. The van der Waals surface area contributed by atoms with Gasteiger partial charge >= 0.3 is 0 Å². The molecule has 1 aliphatic heterocycles. The van der Waals surface area contributed by atoms with Crippen LogP contribution in [0.2, 0.25) is 0 Å². The van der Waals surface area contributed by atoms with E-state index in [0.717, 1.165) is 6.29 Å². The van der Waals surface area contributed by atoms with Crippen molar-refractivity contribution in [2.75, 3.05) is 43.6 Å². The zero-order chi connectivity index (χ0) is 22.7. The molecule has 12 heteroatoms. The lowest BCUT2D eigenvalue weighted by Gasteiger charge is -2.29. The van der Waals surface area contributed by atoms with Gasteiger partial charge in [0.05, 0.1) is 42.2 Å². The molecule has 0 atom stereocenters.